The van der Waals surface area contributed by atoms with E-state index >= 15 is 4.39 Å². The molecule has 3 aliphatic heterocycles. The van der Waals surface area contributed by atoms with Crippen LogP contribution in [-0.2, 0) is 0 Å². The zero-order valence-corrected chi connectivity index (χ0v) is 31.2. The summed E-state index contributed by atoms with van der Waals surface area (Å²) < 4.78 is 17.6. The second-order valence-corrected chi connectivity index (χ2v) is 15.5. The number of benzene rings is 2. The van der Waals surface area contributed by atoms with Crippen molar-refractivity contribution in [1.82, 2.24) is 24.4 Å². The third kappa shape index (κ3) is 8.07. The third-order valence-corrected chi connectivity index (χ3v) is 11.1. The summed E-state index contributed by atoms with van der Waals surface area (Å²) in [5.74, 6) is 0.194. The maximum Gasteiger partial charge on any atom is 0.261 e. The van der Waals surface area contributed by atoms with E-state index in [0.29, 0.717) is 92.5 Å². The average molecular weight is 755 g/mol. The molecule has 4 aromatic rings. The molecule has 4 aliphatic rings. The predicted molar refractivity (Wildman–Crippen MR) is 214 cm³/mol. The Hall–Kier alpha value is -4.94. The molecule has 2 aromatic carbocycles. The minimum absolute atomic E-state index is 0.0372. The minimum Gasteiger partial charge on any atom is -0.367 e. The number of fused-ring (bicyclic) bond motifs is 1. The summed E-state index contributed by atoms with van der Waals surface area (Å²) in [6.07, 6.45) is 4.92. The van der Waals surface area contributed by atoms with Gasteiger partial charge in [-0.3, -0.25) is 9.59 Å². The number of rotatable bonds is 9. The largest absolute Gasteiger partial charge is 0.367 e. The molecule has 10 N–H and O–H groups in total. The van der Waals surface area contributed by atoms with Crippen molar-refractivity contribution in [3.63, 3.8) is 0 Å². The second kappa shape index (κ2) is 15.3. The van der Waals surface area contributed by atoms with E-state index in [1.165, 1.54) is 6.07 Å². The Bertz CT molecular complexity index is 2040. The second-order valence-electron chi connectivity index (χ2n) is 15.5. The van der Waals surface area contributed by atoms with Crippen LogP contribution < -0.4 is 53.7 Å². The Morgan fingerprint density at radius 1 is 0.800 bits per heavy atom. The molecule has 16 nitrogen and oxygen atoms in total. The SMILES string of the molecule is CCN1CCN(c2cc3c(cc2F)c(=O)c(C(=O)Nc2ccc(Nc4nc(N5C[C@H](N)C[C@H](N)C5)nc(N5C[C@H](N)C[C@H](N)C5)n4)cc2)cn3C2CC2)CC1. The van der Waals surface area contributed by atoms with Crippen LogP contribution in [0.3, 0.4) is 0 Å². The Labute approximate surface area is 319 Å². The van der Waals surface area contributed by atoms with Gasteiger partial charge in [-0.2, -0.15) is 15.0 Å². The van der Waals surface area contributed by atoms with Gasteiger partial charge >= 0.3 is 0 Å². The van der Waals surface area contributed by atoms with Crippen LogP contribution in [0.25, 0.3) is 10.9 Å². The summed E-state index contributed by atoms with van der Waals surface area (Å²) in [6.45, 7) is 8.43. The quantitative estimate of drug-likeness (QED) is 0.143. The maximum atomic E-state index is 15.6. The van der Waals surface area contributed by atoms with Gasteiger partial charge in [0.1, 0.15) is 11.4 Å². The van der Waals surface area contributed by atoms with E-state index in [-0.39, 0.29) is 41.2 Å². The lowest BCUT2D eigenvalue weighted by atomic mass is 10.0. The van der Waals surface area contributed by atoms with Gasteiger partial charge in [0.15, 0.2) is 0 Å². The van der Waals surface area contributed by atoms with Gasteiger partial charge in [0, 0.05) is 106 Å². The lowest BCUT2D eigenvalue weighted by Crippen LogP contribution is -2.54. The van der Waals surface area contributed by atoms with Gasteiger partial charge in [-0.15, -0.1) is 0 Å². The van der Waals surface area contributed by atoms with Crippen LogP contribution in [0.4, 0.5) is 39.3 Å². The fourth-order valence-electron chi connectivity index (χ4n) is 8.06. The molecule has 1 amide bonds. The van der Waals surface area contributed by atoms with Crippen molar-refractivity contribution in [2.75, 3.05) is 84.2 Å². The minimum atomic E-state index is -0.565. The van der Waals surface area contributed by atoms with E-state index in [0.717, 1.165) is 32.5 Å². The molecule has 2 aromatic heterocycles. The number of hydrogen-bond donors (Lipinski definition) is 6. The van der Waals surface area contributed by atoms with Gasteiger partial charge in [-0.05, 0) is 68.6 Å². The predicted octanol–water partition coefficient (Wildman–Crippen LogP) is 1.53. The normalized spacial score (nSPS) is 23.6. The van der Waals surface area contributed by atoms with Crippen molar-refractivity contribution >= 4 is 51.7 Å². The number of piperidine rings is 2. The highest BCUT2D eigenvalue weighted by atomic mass is 19.1. The van der Waals surface area contributed by atoms with Crippen LogP contribution in [0.5, 0.6) is 0 Å². The summed E-state index contributed by atoms with van der Waals surface area (Å²) in [5, 5.41) is 6.33. The molecule has 3 saturated heterocycles. The van der Waals surface area contributed by atoms with Crippen LogP contribution in [0.15, 0.2) is 47.4 Å². The monoisotopic (exact) mass is 754 g/mol. The lowest BCUT2D eigenvalue weighted by molar-refractivity contribution is 0.102. The number of aromatic nitrogens is 4. The summed E-state index contributed by atoms with van der Waals surface area (Å²) in [5.41, 5.74) is 26.9. The number of pyridine rings is 1. The third-order valence-electron chi connectivity index (χ3n) is 11.1. The molecule has 5 heterocycles. The van der Waals surface area contributed by atoms with Crippen molar-refractivity contribution in [3.8, 4) is 0 Å². The Balaban J connectivity index is 1.02. The highest BCUT2D eigenvalue weighted by Crippen LogP contribution is 2.38. The zero-order valence-electron chi connectivity index (χ0n) is 31.2. The average Bonchev–Trinajstić information content (AvgIpc) is 4.01. The molecule has 0 unspecified atom stereocenters. The van der Waals surface area contributed by atoms with Crippen molar-refractivity contribution in [3.05, 3.63) is 64.2 Å². The molecule has 8 rings (SSSR count). The zero-order chi connectivity index (χ0) is 38.4. The fraction of sp³-hybridized carbons (Fsp3) is 0.500. The summed E-state index contributed by atoms with van der Waals surface area (Å²) in [7, 11) is 0. The number of piperazine rings is 1. The summed E-state index contributed by atoms with van der Waals surface area (Å²) >= 11 is 0. The Morgan fingerprint density at radius 3 is 1.91 bits per heavy atom. The van der Waals surface area contributed by atoms with Crippen LogP contribution in [-0.4, -0.2) is 113 Å². The number of amides is 1. The summed E-state index contributed by atoms with van der Waals surface area (Å²) in [6, 6.07) is 9.77. The fourth-order valence-corrected chi connectivity index (χ4v) is 8.06. The first-order valence-corrected chi connectivity index (χ1v) is 19.3. The first kappa shape index (κ1) is 37.0. The topological polar surface area (TPSA) is 219 Å². The molecule has 55 heavy (non-hydrogen) atoms. The van der Waals surface area contributed by atoms with Crippen molar-refractivity contribution in [1.29, 1.82) is 0 Å². The highest BCUT2D eigenvalue weighted by Gasteiger charge is 2.31. The number of nitrogens with two attached hydrogens (primary N) is 4. The first-order valence-electron chi connectivity index (χ1n) is 19.3. The van der Waals surface area contributed by atoms with E-state index in [1.807, 2.05) is 19.3 Å². The number of carbonyl (C=O) groups is 1. The molecule has 0 bridgehead atoms. The lowest BCUT2D eigenvalue weighted by Gasteiger charge is -2.37. The molecule has 292 valence electrons. The van der Waals surface area contributed by atoms with Crippen LogP contribution in [0.2, 0.25) is 0 Å². The van der Waals surface area contributed by atoms with E-state index in [9.17, 15) is 9.59 Å². The van der Waals surface area contributed by atoms with Crippen LogP contribution >= 0.6 is 0 Å². The maximum absolute atomic E-state index is 15.6. The first-order chi connectivity index (χ1) is 26.5. The number of nitrogens with one attached hydrogen (secondary N) is 2. The molecule has 0 radical (unpaired) electrons. The number of hydrogen-bond acceptors (Lipinski definition) is 14. The highest BCUT2D eigenvalue weighted by molar-refractivity contribution is 6.06. The number of anilines is 6. The molecule has 4 atom stereocenters. The molecule has 0 spiro atoms. The molecule has 17 heteroatoms. The van der Waals surface area contributed by atoms with Gasteiger partial charge in [-0.1, -0.05) is 6.92 Å². The van der Waals surface area contributed by atoms with E-state index in [2.05, 4.69) is 22.5 Å². The van der Waals surface area contributed by atoms with E-state index in [1.54, 1.807) is 36.5 Å². The molecule has 1 saturated carbocycles. The molecule has 1 aliphatic carbocycles. The number of likely N-dealkylation sites (N-methyl/N-ethyl adjacent to an activating group) is 1. The number of nitrogens with zero attached hydrogens (tertiary/aromatic N) is 8. The van der Waals surface area contributed by atoms with Gasteiger partial charge in [-0.25, -0.2) is 4.39 Å². The smallest absolute Gasteiger partial charge is 0.261 e. The van der Waals surface area contributed by atoms with E-state index in [4.69, 9.17) is 37.9 Å². The van der Waals surface area contributed by atoms with Gasteiger partial charge in [0.05, 0.1) is 11.2 Å². The van der Waals surface area contributed by atoms with Crippen LogP contribution in [0, 0.1) is 5.82 Å². The van der Waals surface area contributed by atoms with Gasteiger partial charge in [0.25, 0.3) is 5.91 Å². The van der Waals surface area contributed by atoms with Crippen molar-refractivity contribution in [2.45, 2.75) is 62.8 Å². The van der Waals surface area contributed by atoms with Crippen LogP contribution in [0.1, 0.15) is 49.0 Å². The standard InChI is InChI=1S/C38H51FN14O2/c1-2-49-9-11-50(12-10-49)33-16-32-29(15-31(33)39)34(54)30(21-53(32)28-7-8-28)35(55)44-26-3-5-27(6-4-26)45-36-46-37(51-17-22(40)13-23(41)18-51)48-38(47-36)52-19-24(42)14-25(43)20-52/h3-6,15-16,21-25,28H,2,7-14,17-20,40-43H2,1H3,(H,44,55)(H,45,46,47,48)/t22-,23+,24-,25+. The van der Waals surface area contributed by atoms with Gasteiger partial charge < -0.3 is 57.7 Å². The van der Waals surface area contributed by atoms with Gasteiger partial charge in [0.2, 0.25) is 23.3 Å². The number of carbonyl (C=O) groups excluding carboxylic acids is 1. The van der Waals surface area contributed by atoms with Crippen molar-refractivity contribution < 1.29 is 9.18 Å². The van der Waals surface area contributed by atoms with Crippen molar-refractivity contribution in [2.24, 2.45) is 22.9 Å². The molecule has 4 fully saturated rings. The molecular weight excluding hydrogens is 704 g/mol. The number of halogens is 1. The Morgan fingerprint density at radius 2 is 1.36 bits per heavy atom. The Kier molecular flexibility index (Phi) is 10.3. The summed E-state index contributed by atoms with van der Waals surface area (Å²) in [4.78, 5) is 50.0. The molecular formula is C38H51FN14O2. The van der Waals surface area contributed by atoms with E-state index < -0.39 is 17.2 Å².